The van der Waals surface area contributed by atoms with E-state index >= 15 is 0 Å². The molecule has 13 heavy (non-hydrogen) atoms. The van der Waals surface area contributed by atoms with Crippen LogP contribution in [0.3, 0.4) is 0 Å². The Hall–Kier alpha value is -0.330. The number of fused-ring (bicyclic) bond motifs is 1. The van der Waals surface area contributed by atoms with Gasteiger partial charge in [0.05, 0.1) is 0 Å². The van der Waals surface area contributed by atoms with Gasteiger partial charge in [0.25, 0.3) is 0 Å². The number of hydrogen-bond donors (Lipinski definition) is 0. The van der Waals surface area contributed by atoms with E-state index in [1.54, 1.807) is 0 Å². The van der Waals surface area contributed by atoms with Crippen LogP contribution in [0.1, 0.15) is 46.0 Å². The van der Waals surface area contributed by atoms with Crippen molar-refractivity contribution < 1.29 is 4.79 Å². The highest BCUT2D eigenvalue weighted by atomic mass is 16.1. The first-order chi connectivity index (χ1) is 6.08. The maximum Gasteiger partial charge on any atom is 0.142 e. The van der Waals surface area contributed by atoms with Crippen LogP contribution in [0.15, 0.2) is 0 Å². The quantitative estimate of drug-likeness (QED) is 0.557. The van der Waals surface area contributed by atoms with Gasteiger partial charge in [-0.25, -0.2) is 0 Å². The number of rotatable bonds is 0. The van der Waals surface area contributed by atoms with Crippen molar-refractivity contribution in [1.29, 1.82) is 0 Å². The van der Waals surface area contributed by atoms with E-state index in [0.717, 1.165) is 5.92 Å². The number of carbonyl (C=O) groups is 1. The van der Waals surface area contributed by atoms with Crippen molar-refractivity contribution in [2.45, 2.75) is 46.0 Å². The minimum atomic E-state index is 0.0124. The second-order valence-corrected chi connectivity index (χ2v) is 5.99. The molecule has 0 heterocycles. The highest BCUT2D eigenvalue weighted by Crippen LogP contribution is 2.76. The smallest absolute Gasteiger partial charge is 0.142 e. The van der Waals surface area contributed by atoms with Gasteiger partial charge in [-0.2, -0.15) is 0 Å². The summed E-state index contributed by atoms with van der Waals surface area (Å²) in [4.78, 5) is 12.0. The predicted molar refractivity (Wildman–Crippen MR) is 51.3 cm³/mol. The Morgan fingerprint density at radius 2 is 2.08 bits per heavy atom. The van der Waals surface area contributed by atoms with Crippen molar-refractivity contribution in [2.75, 3.05) is 0 Å². The summed E-state index contributed by atoms with van der Waals surface area (Å²) in [7, 11) is 0. The van der Waals surface area contributed by atoms with Crippen LogP contribution in [0.25, 0.3) is 0 Å². The molecular formula is C12H18O. The first-order valence-corrected chi connectivity index (χ1v) is 5.62. The van der Waals surface area contributed by atoms with Gasteiger partial charge in [-0.15, -0.1) is 0 Å². The molecule has 1 nitrogen and oxygen atoms in total. The molecule has 0 amide bonds. The normalized spacial score (nSPS) is 51.4. The lowest BCUT2D eigenvalue weighted by Crippen LogP contribution is -2.24. The molecule has 72 valence electrons. The van der Waals surface area contributed by atoms with Crippen molar-refractivity contribution in [2.24, 2.45) is 22.7 Å². The molecule has 0 N–H and O–H groups in total. The van der Waals surface area contributed by atoms with Crippen LogP contribution in [-0.2, 0) is 4.79 Å². The number of hydrogen-bond acceptors (Lipinski definition) is 1. The van der Waals surface area contributed by atoms with Gasteiger partial charge >= 0.3 is 0 Å². The van der Waals surface area contributed by atoms with E-state index in [1.807, 2.05) is 0 Å². The third-order valence-electron chi connectivity index (χ3n) is 4.78. The standard InChI is InChI=1S/C12H18O/c1-11(2)7-12-6-4-3-5-8(12)9(12)10(11)13/h8-9H,3-7H2,1-2H3. The molecule has 3 rings (SSSR count). The van der Waals surface area contributed by atoms with E-state index in [9.17, 15) is 4.79 Å². The fourth-order valence-corrected chi connectivity index (χ4v) is 4.29. The van der Waals surface area contributed by atoms with Gasteiger partial charge in [0.1, 0.15) is 5.78 Å². The molecule has 0 bridgehead atoms. The second kappa shape index (κ2) is 2.02. The molecule has 0 aromatic carbocycles. The van der Waals surface area contributed by atoms with Crippen molar-refractivity contribution in [1.82, 2.24) is 0 Å². The average molecular weight is 178 g/mol. The van der Waals surface area contributed by atoms with Gasteiger partial charge in [-0.05, 0) is 30.6 Å². The number of ketones is 1. The summed E-state index contributed by atoms with van der Waals surface area (Å²) in [5.74, 6) is 1.88. The zero-order chi connectivity index (χ0) is 9.27. The predicted octanol–water partition coefficient (Wildman–Crippen LogP) is 2.79. The molecule has 0 saturated heterocycles. The van der Waals surface area contributed by atoms with Gasteiger partial charge in [-0.3, -0.25) is 4.79 Å². The van der Waals surface area contributed by atoms with Crippen LogP contribution < -0.4 is 0 Å². The SMILES string of the molecule is CC1(C)CC23CCCCC2C3C1=O. The van der Waals surface area contributed by atoms with E-state index in [1.165, 1.54) is 32.1 Å². The summed E-state index contributed by atoms with van der Waals surface area (Å²) < 4.78 is 0. The number of Topliss-reactive ketones (excluding diaryl/α,β-unsaturated/α-hetero) is 1. The topological polar surface area (TPSA) is 17.1 Å². The van der Waals surface area contributed by atoms with Crippen molar-refractivity contribution in [3.05, 3.63) is 0 Å². The maximum absolute atomic E-state index is 12.0. The average Bonchev–Trinajstić information content (AvgIpc) is 2.64. The number of carbonyl (C=O) groups excluding carboxylic acids is 1. The summed E-state index contributed by atoms with van der Waals surface area (Å²) in [5, 5.41) is 0. The monoisotopic (exact) mass is 178 g/mol. The zero-order valence-corrected chi connectivity index (χ0v) is 8.60. The van der Waals surface area contributed by atoms with Crippen LogP contribution >= 0.6 is 0 Å². The minimum Gasteiger partial charge on any atom is -0.299 e. The molecule has 0 aromatic heterocycles. The summed E-state index contributed by atoms with van der Waals surface area (Å²) in [6.07, 6.45) is 6.62. The van der Waals surface area contributed by atoms with Crippen molar-refractivity contribution in [3.63, 3.8) is 0 Å². The first-order valence-electron chi connectivity index (χ1n) is 5.62. The fourth-order valence-electron chi connectivity index (χ4n) is 4.29. The first kappa shape index (κ1) is 8.02. The Balaban J connectivity index is 1.94. The minimum absolute atomic E-state index is 0.0124. The molecule has 0 aromatic rings. The highest BCUT2D eigenvalue weighted by Gasteiger charge is 2.74. The fraction of sp³-hybridized carbons (Fsp3) is 0.917. The zero-order valence-electron chi connectivity index (χ0n) is 8.60. The molecular weight excluding hydrogens is 160 g/mol. The van der Waals surface area contributed by atoms with Gasteiger partial charge < -0.3 is 0 Å². The van der Waals surface area contributed by atoms with Gasteiger partial charge in [0.15, 0.2) is 0 Å². The van der Waals surface area contributed by atoms with E-state index < -0.39 is 0 Å². The molecule has 3 fully saturated rings. The molecule has 3 saturated carbocycles. The Morgan fingerprint density at radius 1 is 1.31 bits per heavy atom. The largest absolute Gasteiger partial charge is 0.299 e. The lowest BCUT2D eigenvalue weighted by atomic mass is 9.77. The second-order valence-electron chi connectivity index (χ2n) is 5.99. The molecule has 3 unspecified atom stereocenters. The molecule has 3 aliphatic rings. The molecule has 0 radical (unpaired) electrons. The van der Waals surface area contributed by atoms with Gasteiger partial charge in [0, 0.05) is 11.3 Å². The van der Waals surface area contributed by atoms with Crippen molar-refractivity contribution in [3.8, 4) is 0 Å². The Morgan fingerprint density at radius 3 is 2.85 bits per heavy atom. The Bertz CT molecular complexity index is 279. The third kappa shape index (κ3) is 0.769. The maximum atomic E-state index is 12.0. The van der Waals surface area contributed by atoms with E-state index in [0.29, 0.717) is 17.1 Å². The highest BCUT2D eigenvalue weighted by molar-refractivity contribution is 5.93. The van der Waals surface area contributed by atoms with E-state index in [2.05, 4.69) is 13.8 Å². The summed E-state index contributed by atoms with van der Waals surface area (Å²) in [6, 6.07) is 0. The van der Waals surface area contributed by atoms with Gasteiger partial charge in [-0.1, -0.05) is 26.7 Å². The van der Waals surface area contributed by atoms with Gasteiger partial charge in [0.2, 0.25) is 0 Å². The van der Waals surface area contributed by atoms with Crippen LogP contribution in [0.4, 0.5) is 0 Å². The van der Waals surface area contributed by atoms with E-state index in [4.69, 9.17) is 0 Å². The van der Waals surface area contributed by atoms with Crippen LogP contribution in [0.2, 0.25) is 0 Å². The van der Waals surface area contributed by atoms with Crippen LogP contribution in [0, 0.1) is 22.7 Å². The molecule has 1 heteroatoms. The molecule has 1 spiro atoms. The lowest BCUT2D eigenvalue weighted by molar-refractivity contribution is -0.126. The lowest BCUT2D eigenvalue weighted by Gasteiger charge is -2.26. The Labute approximate surface area is 79.9 Å². The summed E-state index contributed by atoms with van der Waals surface area (Å²) >= 11 is 0. The van der Waals surface area contributed by atoms with Crippen LogP contribution in [-0.4, -0.2) is 5.78 Å². The Kier molecular flexibility index (Phi) is 1.24. The van der Waals surface area contributed by atoms with Crippen molar-refractivity contribution >= 4 is 5.78 Å². The molecule has 3 aliphatic carbocycles. The summed E-state index contributed by atoms with van der Waals surface area (Å²) in [6.45, 7) is 4.28. The van der Waals surface area contributed by atoms with Crippen LogP contribution in [0.5, 0.6) is 0 Å². The summed E-state index contributed by atoms with van der Waals surface area (Å²) in [5.41, 5.74) is 0.525. The molecule has 0 aliphatic heterocycles. The van der Waals surface area contributed by atoms with E-state index in [-0.39, 0.29) is 5.41 Å². The molecule has 3 atom stereocenters. The third-order valence-corrected chi connectivity index (χ3v) is 4.78.